The first kappa shape index (κ1) is 17.3. The van der Waals surface area contributed by atoms with Crippen LogP contribution in [0.1, 0.15) is 92.4 Å². The molecule has 0 aromatic heterocycles. The first-order valence-electron chi connectivity index (χ1n) is 9.68. The first-order chi connectivity index (χ1) is 9.92. The Morgan fingerprint density at radius 3 is 2.19 bits per heavy atom. The average molecular weight is 294 g/mol. The van der Waals surface area contributed by atoms with Gasteiger partial charge >= 0.3 is 0 Å². The third kappa shape index (κ3) is 4.71. The van der Waals surface area contributed by atoms with Crippen molar-refractivity contribution in [3.05, 3.63) is 0 Å². The Morgan fingerprint density at radius 2 is 1.62 bits per heavy atom. The van der Waals surface area contributed by atoms with Crippen molar-refractivity contribution in [2.45, 2.75) is 104 Å². The molecule has 2 saturated carbocycles. The molecule has 2 fully saturated rings. The van der Waals surface area contributed by atoms with Gasteiger partial charge in [0, 0.05) is 12.1 Å². The van der Waals surface area contributed by atoms with Crippen molar-refractivity contribution in [1.82, 2.24) is 5.32 Å². The lowest BCUT2D eigenvalue weighted by atomic mass is 9.68. The van der Waals surface area contributed by atoms with Crippen LogP contribution in [0.4, 0.5) is 0 Å². The number of hydrogen-bond donors (Lipinski definition) is 1. The van der Waals surface area contributed by atoms with E-state index in [1.54, 1.807) is 0 Å². The van der Waals surface area contributed by atoms with Gasteiger partial charge in [-0.25, -0.2) is 0 Å². The standard InChI is InChI=1S/C20H39N/c1-6-20(4,5)17-10-12-18(13-11-17)21-19-9-7-8-16(14-19)15(2)3/h15-19,21H,6-14H2,1-5H3. The van der Waals surface area contributed by atoms with Crippen LogP contribution in [0.25, 0.3) is 0 Å². The summed E-state index contributed by atoms with van der Waals surface area (Å²) in [7, 11) is 0. The van der Waals surface area contributed by atoms with E-state index in [9.17, 15) is 0 Å². The van der Waals surface area contributed by atoms with Gasteiger partial charge in [0.1, 0.15) is 0 Å². The van der Waals surface area contributed by atoms with Gasteiger partial charge in [0.05, 0.1) is 0 Å². The number of nitrogens with one attached hydrogen (secondary N) is 1. The molecule has 1 heteroatoms. The second-order valence-electron chi connectivity index (χ2n) is 8.92. The minimum atomic E-state index is 0.554. The summed E-state index contributed by atoms with van der Waals surface area (Å²) in [4.78, 5) is 0. The third-order valence-electron chi connectivity index (χ3n) is 6.87. The van der Waals surface area contributed by atoms with Crippen molar-refractivity contribution < 1.29 is 0 Å². The van der Waals surface area contributed by atoms with Gasteiger partial charge in [-0.2, -0.15) is 0 Å². The average Bonchev–Trinajstić information content (AvgIpc) is 2.48. The molecule has 2 aliphatic rings. The minimum Gasteiger partial charge on any atom is -0.311 e. The molecule has 0 aromatic carbocycles. The van der Waals surface area contributed by atoms with E-state index in [1.165, 1.54) is 57.8 Å². The zero-order valence-electron chi connectivity index (χ0n) is 15.3. The summed E-state index contributed by atoms with van der Waals surface area (Å²) in [6.45, 7) is 12.1. The Bertz CT molecular complexity index is 299. The fourth-order valence-corrected chi connectivity index (χ4v) is 4.65. The van der Waals surface area contributed by atoms with E-state index >= 15 is 0 Å². The molecule has 0 heterocycles. The lowest BCUT2D eigenvalue weighted by molar-refractivity contribution is 0.127. The summed E-state index contributed by atoms with van der Waals surface area (Å²) < 4.78 is 0. The molecule has 0 radical (unpaired) electrons. The highest BCUT2D eigenvalue weighted by molar-refractivity contribution is 4.88. The normalized spacial score (nSPS) is 35.1. The van der Waals surface area contributed by atoms with Gasteiger partial charge in [0.15, 0.2) is 0 Å². The number of hydrogen-bond acceptors (Lipinski definition) is 1. The summed E-state index contributed by atoms with van der Waals surface area (Å²) in [5, 5.41) is 4.03. The molecule has 2 unspecified atom stereocenters. The second-order valence-corrected chi connectivity index (χ2v) is 8.92. The molecule has 1 N–H and O–H groups in total. The lowest BCUT2D eigenvalue weighted by Crippen LogP contribution is -2.44. The summed E-state index contributed by atoms with van der Waals surface area (Å²) in [6.07, 6.45) is 12.8. The summed E-state index contributed by atoms with van der Waals surface area (Å²) in [5.41, 5.74) is 0.554. The highest BCUT2D eigenvalue weighted by Gasteiger charge is 2.33. The first-order valence-corrected chi connectivity index (χ1v) is 9.68. The monoisotopic (exact) mass is 293 g/mol. The largest absolute Gasteiger partial charge is 0.311 e. The Balaban J connectivity index is 1.76. The van der Waals surface area contributed by atoms with Crippen LogP contribution in [0, 0.1) is 23.2 Å². The predicted octanol–water partition coefficient (Wildman–Crippen LogP) is 5.79. The Hall–Kier alpha value is -0.0400. The molecule has 2 atom stereocenters. The summed E-state index contributed by atoms with van der Waals surface area (Å²) >= 11 is 0. The Kier molecular flexibility index (Phi) is 6.17. The van der Waals surface area contributed by atoms with Gasteiger partial charge in [-0.15, -0.1) is 0 Å². The van der Waals surface area contributed by atoms with Crippen molar-refractivity contribution in [2.24, 2.45) is 23.2 Å². The minimum absolute atomic E-state index is 0.554. The van der Waals surface area contributed by atoms with Crippen LogP contribution in [-0.4, -0.2) is 12.1 Å². The van der Waals surface area contributed by atoms with Crippen LogP contribution in [0.3, 0.4) is 0 Å². The highest BCUT2D eigenvalue weighted by atomic mass is 15.0. The molecule has 0 aliphatic heterocycles. The molecule has 2 rings (SSSR count). The maximum Gasteiger partial charge on any atom is 0.00723 e. The fraction of sp³-hybridized carbons (Fsp3) is 1.00. The summed E-state index contributed by atoms with van der Waals surface area (Å²) in [5.74, 6) is 2.79. The fourth-order valence-electron chi connectivity index (χ4n) is 4.65. The topological polar surface area (TPSA) is 12.0 Å². The quantitative estimate of drug-likeness (QED) is 0.677. The van der Waals surface area contributed by atoms with Crippen molar-refractivity contribution in [3.63, 3.8) is 0 Å². The molecule has 124 valence electrons. The van der Waals surface area contributed by atoms with Crippen molar-refractivity contribution in [1.29, 1.82) is 0 Å². The summed E-state index contributed by atoms with van der Waals surface area (Å²) in [6, 6.07) is 1.62. The number of rotatable bonds is 5. The molecule has 0 saturated heterocycles. The van der Waals surface area contributed by atoms with Crippen molar-refractivity contribution >= 4 is 0 Å². The molecule has 2 aliphatic carbocycles. The van der Waals surface area contributed by atoms with E-state index < -0.39 is 0 Å². The molecular formula is C20H39N. The molecule has 0 spiro atoms. The molecule has 21 heavy (non-hydrogen) atoms. The van der Waals surface area contributed by atoms with Crippen LogP contribution in [0.15, 0.2) is 0 Å². The van der Waals surface area contributed by atoms with E-state index in [-0.39, 0.29) is 0 Å². The van der Waals surface area contributed by atoms with Gasteiger partial charge < -0.3 is 5.32 Å². The van der Waals surface area contributed by atoms with Gasteiger partial charge in [0.25, 0.3) is 0 Å². The zero-order chi connectivity index (χ0) is 15.5. The van der Waals surface area contributed by atoms with E-state index in [2.05, 4.69) is 39.9 Å². The molecule has 1 nitrogen and oxygen atoms in total. The van der Waals surface area contributed by atoms with Crippen LogP contribution in [-0.2, 0) is 0 Å². The van der Waals surface area contributed by atoms with Crippen molar-refractivity contribution in [3.8, 4) is 0 Å². The predicted molar refractivity (Wildman–Crippen MR) is 93.5 cm³/mol. The smallest absolute Gasteiger partial charge is 0.00723 e. The van der Waals surface area contributed by atoms with Gasteiger partial charge in [-0.1, -0.05) is 53.9 Å². The van der Waals surface area contributed by atoms with E-state index in [1.807, 2.05) is 0 Å². The van der Waals surface area contributed by atoms with Crippen LogP contribution in [0.5, 0.6) is 0 Å². The van der Waals surface area contributed by atoms with Crippen LogP contribution >= 0.6 is 0 Å². The molecule has 0 bridgehead atoms. The van der Waals surface area contributed by atoms with E-state index in [4.69, 9.17) is 0 Å². The van der Waals surface area contributed by atoms with E-state index in [0.717, 1.165) is 29.8 Å². The molecular weight excluding hydrogens is 254 g/mol. The van der Waals surface area contributed by atoms with Gasteiger partial charge in [-0.05, 0) is 61.7 Å². The van der Waals surface area contributed by atoms with Crippen LogP contribution in [0.2, 0.25) is 0 Å². The van der Waals surface area contributed by atoms with Gasteiger partial charge in [-0.3, -0.25) is 0 Å². The third-order valence-corrected chi connectivity index (χ3v) is 6.87. The maximum atomic E-state index is 4.03. The molecule has 0 aromatic rings. The Labute approximate surface area is 133 Å². The molecule has 0 amide bonds. The zero-order valence-corrected chi connectivity index (χ0v) is 15.3. The highest BCUT2D eigenvalue weighted by Crippen LogP contribution is 2.40. The Morgan fingerprint density at radius 1 is 0.952 bits per heavy atom. The second kappa shape index (κ2) is 7.49. The van der Waals surface area contributed by atoms with Gasteiger partial charge in [0.2, 0.25) is 0 Å². The lowest BCUT2D eigenvalue weighted by Gasteiger charge is -2.41. The SMILES string of the molecule is CCC(C)(C)C1CCC(NC2CCCC(C(C)C)C2)CC1. The van der Waals surface area contributed by atoms with Crippen LogP contribution < -0.4 is 5.32 Å². The van der Waals surface area contributed by atoms with Crippen molar-refractivity contribution in [2.75, 3.05) is 0 Å². The van der Waals surface area contributed by atoms with E-state index in [0.29, 0.717) is 5.41 Å². The maximum absolute atomic E-state index is 4.03.